The Hall–Kier alpha value is -2.09. The van der Waals surface area contributed by atoms with Crippen LogP contribution in [0.15, 0.2) is 60.7 Å². The first kappa shape index (κ1) is 19.2. The number of benzene rings is 2. The third kappa shape index (κ3) is 6.74. The molecule has 0 radical (unpaired) electrons. The summed E-state index contributed by atoms with van der Waals surface area (Å²) < 4.78 is 5.00. The van der Waals surface area contributed by atoms with Crippen LogP contribution in [0.2, 0.25) is 0 Å². The normalized spacial score (nSPS) is 19.7. The molecule has 3 rings (SSSR count). The summed E-state index contributed by atoms with van der Waals surface area (Å²) in [4.78, 5) is 11.2. The summed E-state index contributed by atoms with van der Waals surface area (Å²) in [6.45, 7) is 6.04. The molecule has 25 heavy (non-hydrogen) atoms. The molecule has 1 fully saturated rings. The highest BCUT2D eigenvalue weighted by atomic mass is 16.5. The maximum atomic E-state index is 11.2. The molecule has 2 aromatic rings. The Bertz CT molecular complexity index is 611. The van der Waals surface area contributed by atoms with Gasteiger partial charge in [-0.15, -0.1) is 0 Å². The van der Waals surface area contributed by atoms with Gasteiger partial charge in [0.05, 0.1) is 11.7 Å². The second-order valence-electron chi connectivity index (χ2n) is 7.19. The van der Waals surface area contributed by atoms with Gasteiger partial charge in [0.2, 0.25) is 0 Å². The standard InChI is InChI=1S/C13H18.C10H12O2/c1-11-7-9-13(10-8-11)12-5-3-2-4-6-12;1-8(2)12-10(11)9-6-4-3-5-7-9/h2-6,11,13H,7-10H2,1H3;3-8H,1-2H3/t11-,13-;. The molecule has 0 saturated heterocycles. The fourth-order valence-electron chi connectivity index (χ4n) is 3.17. The van der Waals surface area contributed by atoms with Gasteiger partial charge in [-0.25, -0.2) is 4.79 Å². The molecule has 0 atom stereocenters. The number of carbonyl (C=O) groups excluding carboxylic acids is 1. The number of ether oxygens (including phenoxy) is 1. The van der Waals surface area contributed by atoms with E-state index in [9.17, 15) is 4.79 Å². The van der Waals surface area contributed by atoms with Gasteiger partial charge in [-0.3, -0.25) is 0 Å². The van der Waals surface area contributed by atoms with Crippen LogP contribution in [-0.2, 0) is 4.74 Å². The lowest BCUT2D eigenvalue weighted by Gasteiger charge is -2.26. The van der Waals surface area contributed by atoms with Crippen molar-refractivity contribution in [2.24, 2.45) is 5.92 Å². The molecule has 0 unspecified atom stereocenters. The second-order valence-corrected chi connectivity index (χ2v) is 7.19. The molecule has 1 aliphatic rings. The van der Waals surface area contributed by atoms with Crippen molar-refractivity contribution in [2.45, 2.75) is 58.5 Å². The van der Waals surface area contributed by atoms with Crippen LogP contribution in [0.4, 0.5) is 0 Å². The van der Waals surface area contributed by atoms with Crippen molar-refractivity contribution in [1.29, 1.82) is 0 Å². The van der Waals surface area contributed by atoms with Crippen LogP contribution in [0.5, 0.6) is 0 Å². The molecule has 2 nitrogen and oxygen atoms in total. The lowest BCUT2D eigenvalue weighted by atomic mass is 9.79. The van der Waals surface area contributed by atoms with E-state index >= 15 is 0 Å². The Morgan fingerprint density at radius 3 is 1.92 bits per heavy atom. The summed E-state index contributed by atoms with van der Waals surface area (Å²) in [6.07, 6.45) is 5.56. The summed E-state index contributed by atoms with van der Waals surface area (Å²) in [7, 11) is 0. The molecule has 0 aromatic heterocycles. The van der Waals surface area contributed by atoms with Crippen molar-refractivity contribution in [3.05, 3.63) is 71.8 Å². The lowest BCUT2D eigenvalue weighted by Crippen LogP contribution is -2.11. The highest BCUT2D eigenvalue weighted by molar-refractivity contribution is 5.89. The Morgan fingerprint density at radius 1 is 0.880 bits per heavy atom. The first-order chi connectivity index (χ1) is 12.1. The van der Waals surface area contributed by atoms with E-state index in [-0.39, 0.29) is 12.1 Å². The third-order valence-corrected chi connectivity index (χ3v) is 4.64. The zero-order valence-electron chi connectivity index (χ0n) is 15.7. The van der Waals surface area contributed by atoms with Crippen LogP contribution < -0.4 is 0 Å². The van der Waals surface area contributed by atoms with Crippen LogP contribution in [0, 0.1) is 5.92 Å². The predicted octanol–water partition coefficient (Wildman–Crippen LogP) is 6.23. The summed E-state index contributed by atoms with van der Waals surface area (Å²) in [5, 5.41) is 0. The second kappa shape index (κ2) is 10.0. The molecule has 0 bridgehead atoms. The summed E-state index contributed by atoms with van der Waals surface area (Å²) >= 11 is 0. The minimum Gasteiger partial charge on any atom is -0.459 e. The van der Waals surface area contributed by atoms with E-state index in [2.05, 4.69) is 37.3 Å². The highest BCUT2D eigenvalue weighted by Crippen LogP contribution is 2.35. The Labute approximate surface area is 152 Å². The maximum Gasteiger partial charge on any atom is 0.338 e. The average Bonchev–Trinajstić information content (AvgIpc) is 2.64. The van der Waals surface area contributed by atoms with E-state index in [0.717, 1.165) is 11.8 Å². The molecule has 1 saturated carbocycles. The van der Waals surface area contributed by atoms with Gasteiger partial charge in [0.1, 0.15) is 0 Å². The first-order valence-electron chi connectivity index (χ1n) is 9.37. The molecular formula is C23H30O2. The van der Waals surface area contributed by atoms with Crippen molar-refractivity contribution < 1.29 is 9.53 Å². The number of hydrogen-bond donors (Lipinski definition) is 0. The van der Waals surface area contributed by atoms with Gasteiger partial charge < -0.3 is 4.74 Å². The van der Waals surface area contributed by atoms with E-state index in [1.54, 1.807) is 17.7 Å². The third-order valence-electron chi connectivity index (χ3n) is 4.64. The number of esters is 1. The molecule has 134 valence electrons. The highest BCUT2D eigenvalue weighted by Gasteiger charge is 2.18. The van der Waals surface area contributed by atoms with E-state index in [0.29, 0.717) is 5.56 Å². The zero-order valence-corrected chi connectivity index (χ0v) is 15.7. The molecule has 2 heteroatoms. The van der Waals surface area contributed by atoms with Crippen LogP contribution in [0.1, 0.15) is 68.3 Å². The topological polar surface area (TPSA) is 26.3 Å². The quantitative estimate of drug-likeness (QED) is 0.620. The fraction of sp³-hybridized carbons (Fsp3) is 0.435. The van der Waals surface area contributed by atoms with Gasteiger partial charge in [-0.2, -0.15) is 0 Å². The SMILES string of the molecule is CC(C)OC(=O)c1ccccc1.C[C@H]1CC[C@H](c2ccccc2)CC1. The maximum absolute atomic E-state index is 11.2. The largest absolute Gasteiger partial charge is 0.459 e. The van der Waals surface area contributed by atoms with Crippen LogP contribution in [0.3, 0.4) is 0 Å². The number of hydrogen-bond acceptors (Lipinski definition) is 2. The lowest BCUT2D eigenvalue weighted by molar-refractivity contribution is 0.0378. The summed E-state index contributed by atoms with van der Waals surface area (Å²) in [6, 6.07) is 20.0. The monoisotopic (exact) mass is 338 g/mol. The van der Waals surface area contributed by atoms with E-state index < -0.39 is 0 Å². The van der Waals surface area contributed by atoms with E-state index in [1.807, 2.05) is 32.0 Å². The Balaban J connectivity index is 0.000000181. The van der Waals surface area contributed by atoms with Gasteiger partial charge >= 0.3 is 5.97 Å². The summed E-state index contributed by atoms with van der Waals surface area (Å²) in [5.74, 6) is 1.54. The molecule has 0 amide bonds. The van der Waals surface area contributed by atoms with Crippen LogP contribution >= 0.6 is 0 Å². The van der Waals surface area contributed by atoms with Gasteiger partial charge in [-0.1, -0.05) is 68.3 Å². The molecule has 1 aliphatic carbocycles. The molecule has 2 aromatic carbocycles. The smallest absolute Gasteiger partial charge is 0.338 e. The molecule has 0 aliphatic heterocycles. The molecule has 0 spiro atoms. The Kier molecular flexibility index (Phi) is 7.72. The van der Waals surface area contributed by atoms with Crippen molar-refractivity contribution in [1.82, 2.24) is 0 Å². The van der Waals surface area contributed by atoms with E-state index in [1.165, 1.54) is 25.7 Å². The minimum atomic E-state index is -0.259. The Morgan fingerprint density at radius 2 is 1.40 bits per heavy atom. The van der Waals surface area contributed by atoms with Crippen molar-refractivity contribution in [2.75, 3.05) is 0 Å². The molecule has 0 heterocycles. The van der Waals surface area contributed by atoms with Gasteiger partial charge in [0.25, 0.3) is 0 Å². The van der Waals surface area contributed by atoms with Crippen LogP contribution in [-0.4, -0.2) is 12.1 Å². The molecular weight excluding hydrogens is 308 g/mol. The van der Waals surface area contributed by atoms with Crippen LogP contribution in [0.25, 0.3) is 0 Å². The van der Waals surface area contributed by atoms with Crippen molar-refractivity contribution in [3.8, 4) is 0 Å². The minimum absolute atomic E-state index is 0.0577. The number of carbonyl (C=O) groups is 1. The number of rotatable bonds is 3. The fourth-order valence-corrected chi connectivity index (χ4v) is 3.17. The van der Waals surface area contributed by atoms with Crippen molar-refractivity contribution in [3.63, 3.8) is 0 Å². The zero-order chi connectivity index (χ0) is 18.1. The van der Waals surface area contributed by atoms with E-state index in [4.69, 9.17) is 4.74 Å². The first-order valence-corrected chi connectivity index (χ1v) is 9.37. The van der Waals surface area contributed by atoms with Gasteiger partial charge in [0, 0.05) is 0 Å². The average molecular weight is 338 g/mol. The summed E-state index contributed by atoms with van der Waals surface area (Å²) in [5.41, 5.74) is 2.15. The van der Waals surface area contributed by atoms with Gasteiger partial charge in [-0.05, 0) is 56.2 Å². The van der Waals surface area contributed by atoms with Gasteiger partial charge in [0.15, 0.2) is 0 Å². The predicted molar refractivity (Wildman–Crippen MR) is 104 cm³/mol. The molecule has 0 N–H and O–H groups in total. The van der Waals surface area contributed by atoms with Crippen molar-refractivity contribution >= 4 is 5.97 Å².